The van der Waals surface area contributed by atoms with E-state index in [9.17, 15) is 13.2 Å². The molecule has 0 aliphatic carbocycles. The molecule has 128 valence electrons. The fourth-order valence-electron chi connectivity index (χ4n) is 2.96. The van der Waals surface area contributed by atoms with Gasteiger partial charge in [0.25, 0.3) is 0 Å². The normalized spacial score (nSPS) is 17.7. The summed E-state index contributed by atoms with van der Waals surface area (Å²) in [4.78, 5) is 14.3. The SMILES string of the molecule is CCN(CC)c1ccc(NC(=O)CC2CCS(=O)(=O)CC2)cc1. The van der Waals surface area contributed by atoms with Crippen LogP contribution in [0.15, 0.2) is 24.3 Å². The predicted molar refractivity (Wildman–Crippen MR) is 94.6 cm³/mol. The second kappa shape index (κ2) is 7.81. The van der Waals surface area contributed by atoms with Crippen molar-refractivity contribution in [2.24, 2.45) is 5.92 Å². The van der Waals surface area contributed by atoms with Crippen LogP contribution >= 0.6 is 0 Å². The Labute approximate surface area is 139 Å². The first-order valence-corrected chi connectivity index (χ1v) is 10.1. The molecule has 1 amide bonds. The Hall–Kier alpha value is -1.56. The summed E-state index contributed by atoms with van der Waals surface area (Å²) in [6.45, 7) is 6.13. The van der Waals surface area contributed by atoms with Gasteiger partial charge in [-0.1, -0.05) is 0 Å². The van der Waals surface area contributed by atoms with Gasteiger partial charge in [0.2, 0.25) is 5.91 Å². The van der Waals surface area contributed by atoms with Crippen LogP contribution in [0.2, 0.25) is 0 Å². The predicted octanol–water partition coefficient (Wildman–Crippen LogP) is 2.69. The summed E-state index contributed by atoms with van der Waals surface area (Å²) in [7, 11) is -2.86. The van der Waals surface area contributed by atoms with Crippen molar-refractivity contribution in [3.8, 4) is 0 Å². The molecule has 0 spiro atoms. The van der Waals surface area contributed by atoms with Crippen LogP contribution in [0, 0.1) is 5.92 Å². The third-order valence-corrected chi connectivity index (χ3v) is 6.14. The first kappa shape index (κ1) is 17.8. The van der Waals surface area contributed by atoms with Gasteiger partial charge in [-0.25, -0.2) is 8.42 Å². The molecule has 6 heteroatoms. The van der Waals surface area contributed by atoms with Gasteiger partial charge in [0, 0.05) is 30.9 Å². The smallest absolute Gasteiger partial charge is 0.224 e. The Kier molecular flexibility index (Phi) is 6.04. The number of benzene rings is 1. The van der Waals surface area contributed by atoms with Crippen LogP contribution in [-0.2, 0) is 14.6 Å². The number of hydrogen-bond acceptors (Lipinski definition) is 4. The van der Waals surface area contributed by atoms with Gasteiger partial charge in [0.05, 0.1) is 11.5 Å². The summed E-state index contributed by atoms with van der Waals surface area (Å²) in [5.41, 5.74) is 1.93. The van der Waals surface area contributed by atoms with Gasteiger partial charge in [-0.15, -0.1) is 0 Å². The van der Waals surface area contributed by atoms with E-state index < -0.39 is 9.84 Å². The summed E-state index contributed by atoms with van der Waals surface area (Å²) < 4.78 is 22.8. The molecular weight excluding hydrogens is 312 g/mol. The molecule has 0 saturated carbocycles. The molecular formula is C17H26N2O3S. The van der Waals surface area contributed by atoms with Crippen LogP contribution in [0.25, 0.3) is 0 Å². The minimum absolute atomic E-state index is 0.0371. The number of sulfone groups is 1. The van der Waals surface area contributed by atoms with Crippen LogP contribution in [0.1, 0.15) is 33.1 Å². The molecule has 1 fully saturated rings. The summed E-state index contributed by atoms with van der Waals surface area (Å²) in [5, 5.41) is 2.91. The van der Waals surface area contributed by atoms with Gasteiger partial charge < -0.3 is 10.2 Å². The van der Waals surface area contributed by atoms with Crippen molar-refractivity contribution in [3.05, 3.63) is 24.3 Å². The van der Waals surface area contributed by atoms with E-state index >= 15 is 0 Å². The van der Waals surface area contributed by atoms with E-state index in [4.69, 9.17) is 0 Å². The van der Waals surface area contributed by atoms with Crippen molar-refractivity contribution >= 4 is 27.1 Å². The molecule has 0 radical (unpaired) electrons. The van der Waals surface area contributed by atoms with Gasteiger partial charge in [-0.3, -0.25) is 4.79 Å². The van der Waals surface area contributed by atoms with Gasteiger partial charge >= 0.3 is 0 Å². The lowest BCUT2D eigenvalue weighted by molar-refractivity contribution is -0.117. The van der Waals surface area contributed by atoms with Crippen molar-refractivity contribution in [3.63, 3.8) is 0 Å². The van der Waals surface area contributed by atoms with Gasteiger partial charge in [0.15, 0.2) is 0 Å². The van der Waals surface area contributed by atoms with Gasteiger partial charge in [-0.2, -0.15) is 0 Å². The number of rotatable bonds is 6. The van der Waals surface area contributed by atoms with Gasteiger partial charge in [0.1, 0.15) is 9.84 Å². The Morgan fingerprint density at radius 3 is 2.22 bits per heavy atom. The van der Waals surface area contributed by atoms with E-state index in [-0.39, 0.29) is 23.3 Å². The fraction of sp³-hybridized carbons (Fsp3) is 0.588. The highest BCUT2D eigenvalue weighted by Crippen LogP contribution is 2.23. The summed E-state index contributed by atoms with van der Waals surface area (Å²) in [6, 6.07) is 7.85. The third-order valence-electron chi connectivity index (χ3n) is 4.43. The van der Waals surface area contributed by atoms with Crippen LogP contribution in [-0.4, -0.2) is 38.9 Å². The average Bonchev–Trinajstić information content (AvgIpc) is 2.52. The Bertz CT molecular complexity index is 608. The molecule has 0 unspecified atom stereocenters. The number of anilines is 2. The lowest BCUT2D eigenvalue weighted by Crippen LogP contribution is -2.26. The first-order valence-electron chi connectivity index (χ1n) is 8.28. The molecule has 0 aromatic heterocycles. The molecule has 1 saturated heterocycles. The van der Waals surface area contributed by atoms with Crippen LogP contribution < -0.4 is 10.2 Å². The number of nitrogens with one attached hydrogen (secondary N) is 1. The number of carbonyl (C=O) groups excluding carboxylic acids is 1. The number of carbonyl (C=O) groups is 1. The highest BCUT2D eigenvalue weighted by Gasteiger charge is 2.25. The summed E-state index contributed by atoms with van der Waals surface area (Å²) in [5.74, 6) is 0.561. The topological polar surface area (TPSA) is 66.5 Å². The average molecular weight is 338 g/mol. The zero-order valence-corrected chi connectivity index (χ0v) is 14.7. The monoisotopic (exact) mass is 338 g/mol. The molecule has 1 aromatic rings. The van der Waals surface area contributed by atoms with Crippen molar-refractivity contribution in [1.29, 1.82) is 0 Å². The molecule has 0 atom stereocenters. The van der Waals surface area contributed by atoms with Crippen molar-refractivity contribution in [1.82, 2.24) is 0 Å². The molecule has 5 nitrogen and oxygen atoms in total. The minimum atomic E-state index is -2.86. The summed E-state index contributed by atoms with van der Waals surface area (Å²) >= 11 is 0. The highest BCUT2D eigenvalue weighted by molar-refractivity contribution is 7.91. The van der Waals surface area contributed by atoms with Crippen molar-refractivity contribution in [2.75, 3.05) is 34.8 Å². The zero-order chi connectivity index (χ0) is 16.9. The van der Waals surface area contributed by atoms with E-state index in [0.717, 1.165) is 24.5 Å². The maximum Gasteiger partial charge on any atom is 0.224 e. The Balaban J connectivity index is 1.86. The molecule has 23 heavy (non-hydrogen) atoms. The molecule has 1 heterocycles. The van der Waals surface area contributed by atoms with E-state index in [1.165, 1.54) is 0 Å². The molecule has 1 N–H and O–H groups in total. The van der Waals surface area contributed by atoms with Crippen molar-refractivity contribution in [2.45, 2.75) is 33.1 Å². The standard InChI is InChI=1S/C17H26N2O3S/c1-3-19(4-2)16-7-5-15(6-8-16)18-17(20)13-14-9-11-23(21,22)12-10-14/h5-8,14H,3-4,9-13H2,1-2H3,(H,18,20). The maximum atomic E-state index is 12.1. The van der Waals surface area contributed by atoms with Gasteiger partial charge in [-0.05, 0) is 56.9 Å². The Morgan fingerprint density at radius 1 is 1.13 bits per heavy atom. The van der Waals surface area contributed by atoms with E-state index in [0.29, 0.717) is 19.3 Å². The van der Waals surface area contributed by atoms with Crippen LogP contribution in [0.5, 0.6) is 0 Å². The van der Waals surface area contributed by atoms with E-state index in [1.54, 1.807) is 0 Å². The lowest BCUT2D eigenvalue weighted by atomic mass is 9.98. The Morgan fingerprint density at radius 2 is 1.70 bits per heavy atom. The van der Waals surface area contributed by atoms with Crippen LogP contribution in [0.3, 0.4) is 0 Å². The molecule has 1 aromatic carbocycles. The quantitative estimate of drug-likeness (QED) is 0.866. The molecule has 2 rings (SSSR count). The number of amides is 1. The second-order valence-corrected chi connectivity index (χ2v) is 8.37. The number of nitrogens with zero attached hydrogens (tertiary/aromatic N) is 1. The fourth-order valence-corrected chi connectivity index (χ4v) is 4.55. The first-order chi connectivity index (χ1) is 10.9. The highest BCUT2D eigenvalue weighted by atomic mass is 32.2. The van der Waals surface area contributed by atoms with Crippen LogP contribution in [0.4, 0.5) is 11.4 Å². The summed E-state index contributed by atoms with van der Waals surface area (Å²) in [6.07, 6.45) is 1.58. The second-order valence-electron chi connectivity index (χ2n) is 6.07. The lowest BCUT2D eigenvalue weighted by Gasteiger charge is -2.22. The third kappa shape index (κ3) is 5.23. The molecule has 0 bridgehead atoms. The number of hydrogen-bond donors (Lipinski definition) is 1. The van der Waals surface area contributed by atoms with Crippen molar-refractivity contribution < 1.29 is 13.2 Å². The molecule has 1 aliphatic heterocycles. The van der Waals surface area contributed by atoms with E-state index in [2.05, 4.69) is 24.1 Å². The largest absolute Gasteiger partial charge is 0.372 e. The zero-order valence-electron chi connectivity index (χ0n) is 13.9. The minimum Gasteiger partial charge on any atom is -0.372 e. The molecule has 1 aliphatic rings. The van der Waals surface area contributed by atoms with E-state index in [1.807, 2.05) is 24.3 Å². The maximum absolute atomic E-state index is 12.1.